The van der Waals surface area contributed by atoms with Gasteiger partial charge in [0.1, 0.15) is 0 Å². The Kier molecular flexibility index (Phi) is 3.75. The van der Waals surface area contributed by atoms with Gasteiger partial charge in [-0.1, -0.05) is 6.07 Å². The quantitative estimate of drug-likeness (QED) is 0.801. The van der Waals surface area contributed by atoms with Crippen LogP contribution in [0.4, 0.5) is 0 Å². The first kappa shape index (κ1) is 11.1. The van der Waals surface area contributed by atoms with E-state index in [1.54, 1.807) is 0 Å². The second-order valence-corrected chi connectivity index (χ2v) is 5.08. The van der Waals surface area contributed by atoms with Gasteiger partial charge in [0, 0.05) is 30.6 Å². The minimum absolute atomic E-state index is 0.438. The smallest absolute Gasteiger partial charge is 0.0580 e. The van der Waals surface area contributed by atoms with Crippen molar-refractivity contribution in [2.45, 2.75) is 12.1 Å². The summed E-state index contributed by atoms with van der Waals surface area (Å²) in [6.07, 6.45) is 0. The van der Waals surface area contributed by atoms with Crippen molar-refractivity contribution in [3.63, 3.8) is 0 Å². The molecule has 3 nitrogen and oxygen atoms in total. The highest BCUT2D eigenvalue weighted by atomic mass is 32.1. The number of nitrogens with zero attached hydrogens (tertiary/aromatic N) is 1. The van der Waals surface area contributed by atoms with Crippen LogP contribution >= 0.6 is 11.3 Å². The minimum atomic E-state index is 0.438. The third-order valence-corrected chi connectivity index (χ3v) is 3.93. The Morgan fingerprint density at radius 2 is 2.53 bits per heavy atom. The van der Waals surface area contributed by atoms with Crippen LogP contribution in [0.5, 0.6) is 0 Å². The molecule has 84 valence electrons. The van der Waals surface area contributed by atoms with Crippen LogP contribution in [0.15, 0.2) is 17.5 Å². The lowest BCUT2D eigenvalue weighted by Crippen LogP contribution is -2.53. The average Bonchev–Trinajstić information content (AvgIpc) is 2.72. The monoisotopic (exact) mass is 225 g/mol. The molecule has 1 fully saturated rings. The minimum Gasteiger partial charge on any atom is -0.311 e. The van der Waals surface area contributed by atoms with Crippen LogP contribution < -0.4 is 10.6 Å². The molecule has 0 radical (unpaired) electrons. The van der Waals surface area contributed by atoms with E-state index in [0.29, 0.717) is 12.1 Å². The third kappa shape index (κ3) is 2.58. The van der Waals surface area contributed by atoms with Gasteiger partial charge in [-0.3, -0.25) is 0 Å². The lowest BCUT2D eigenvalue weighted by molar-refractivity contribution is 0.211. The normalized spacial score (nSPS) is 25.3. The number of rotatable bonds is 3. The highest BCUT2D eigenvalue weighted by molar-refractivity contribution is 7.10. The van der Waals surface area contributed by atoms with E-state index in [2.05, 4.69) is 40.1 Å². The van der Waals surface area contributed by atoms with Gasteiger partial charge in [-0.15, -0.1) is 11.3 Å². The van der Waals surface area contributed by atoms with Crippen molar-refractivity contribution in [2.24, 2.45) is 0 Å². The van der Waals surface area contributed by atoms with Gasteiger partial charge < -0.3 is 15.5 Å². The van der Waals surface area contributed by atoms with E-state index >= 15 is 0 Å². The molecule has 15 heavy (non-hydrogen) atoms. The second kappa shape index (κ2) is 5.07. The maximum Gasteiger partial charge on any atom is 0.0580 e. The number of nitrogens with one attached hydrogen (secondary N) is 2. The molecule has 4 heteroatoms. The Hall–Kier alpha value is -0.420. The van der Waals surface area contributed by atoms with E-state index < -0.39 is 0 Å². The van der Waals surface area contributed by atoms with Crippen molar-refractivity contribution < 1.29 is 0 Å². The maximum atomic E-state index is 3.59. The molecule has 0 amide bonds. The first-order valence-corrected chi connectivity index (χ1v) is 6.32. The predicted molar refractivity (Wildman–Crippen MR) is 65.4 cm³/mol. The van der Waals surface area contributed by atoms with Crippen LogP contribution in [0.25, 0.3) is 0 Å². The standard InChI is InChI=1S/C11H19N3S/c1-12-11(10-4-3-7-15-10)9-8-14(2)6-5-13-9/h3-4,7,9,11-13H,5-6,8H2,1-2H3. The summed E-state index contributed by atoms with van der Waals surface area (Å²) in [5.41, 5.74) is 0. The Morgan fingerprint density at radius 1 is 1.67 bits per heavy atom. The fourth-order valence-corrected chi connectivity index (χ4v) is 3.07. The molecule has 1 saturated heterocycles. The summed E-state index contributed by atoms with van der Waals surface area (Å²) in [5.74, 6) is 0. The SMILES string of the molecule is CNC(c1cccs1)C1CN(C)CCN1. The molecule has 2 atom stereocenters. The second-order valence-electron chi connectivity index (χ2n) is 4.10. The van der Waals surface area contributed by atoms with Gasteiger partial charge in [0.25, 0.3) is 0 Å². The van der Waals surface area contributed by atoms with Crippen LogP contribution in [0.2, 0.25) is 0 Å². The molecule has 0 saturated carbocycles. The highest BCUT2D eigenvalue weighted by Crippen LogP contribution is 2.23. The largest absolute Gasteiger partial charge is 0.311 e. The van der Waals surface area contributed by atoms with Gasteiger partial charge in [-0.25, -0.2) is 0 Å². The molecule has 1 aliphatic rings. The first-order valence-electron chi connectivity index (χ1n) is 5.44. The Balaban J connectivity index is 2.06. The summed E-state index contributed by atoms with van der Waals surface area (Å²) in [4.78, 5) is 3.81. The summed E-state index contributed by atoms with van der Waals surface area (Å²) < 4.78 is 0. The summed E-state index contributed by atoms with van der Waals surface area (Å²) in [7, 11) is 4.23. The van der Waals surface area contributed by atoms with Crippen LogP contribution in [-0.2, 0) is 0 Å². The lowest BCUT2D eigenvalue weighted by Gasteiger charge is -2.35. The van der Waals surface area contributed by atoms with E-state index in [4.69, 9.17) is 0 Å². The van der Waals surface area contributed by atoms with Gasteiger partial charge in [0.05, 0.1) is 6.04 Å². The molecule has 2 rings (SSSR count). The third-order valence-electron chi connectivity index (χ3n) is 2.97. The molecule has 0 bridgehead atoms. The molecule has 1 aliphatic heterocycles. The zero-order valence-electron chi connectivity index (χ0n) is 9.36. The molecule has 1 aromatic heterocycles. The van der Waals surface area contributed by atoms with Crippen molar-refractivity contribution in [3.05, 3.63) is 22.4 Å². The predicted octanol–water partition coefficient (Wildman–Crippen LogP) is 0.912. The number of hydrogen-bond donors (Lipinski definition) is 2. The van der Waals surface area contributed by atoms with Crippen LogP contribution in [0.3, 0.4) is 0 Å². The molecule has 0 spiro atoms. The summed E-state index contributed by atoms with van der Waals surface area (Å²) in [6, 6.07) is 5.29. The Bertz CT molecular complexity index is 286. The summed E-state index contributed by atoms with van der Waals surface area (Å²) >= 11 is 1.83. The number of piperazine rings is 1. The molecule has 1 aromatic rings. The van der Waals surface area contributed by atoms with Crippen molar-refractivity contribution in [3.8, 4) is 0 Å². The maximum absolute atomic E-state index is 3.59. The molecule has 2 heterocycles. The number of thiophene rings is 1. The fraction of sp³-hybridized carbons (Fsp3) is 0.636. The van der Waals surface area contributed by atoms with Crippen LogP contribution in [0, 0.1) is 0 Å². The topological polar surface area (TPSA) is 27.3 Å². The zero-order valence-corrected chi connectivity index (χ0v) is 10.2. The van der Waals surface area contributed by atoms with E-state index in [-0.39, 0.29) is 0 Å². The number of likely N-dealkylation sites (N-methyl/N-ethyl adjacent to an activating group) is 2. The molecule has 2 N–H and O–H groups in total. The van der Waals surface area contributed by atoms with Gasteiger partial charge in [0.15, 0.2) is 0 Å². The Labute approximate surface area is 95.5 Å². The van der Waals surface area contributed by atoms with E-state index in [1.807, 2.05) is 18.4 Å². The van der Waals surface area contributed by atoms with E-state index in [0.717, 1.165) is 19.6 Å². The highest BCUT2D eigenvalue weighted by Gasteiger charge is 2.25. The van der Waals surface area contributed by atoms with Gasteiger partial charge in [0.2, 0.25) is 0 Å². The Morgan fingerprint density at radius 3 is 3.13 bits per heavy atom. The average molecular weight is 225 g/mol. The van der Waals surface area contributed by atoms with Gasteiger partial charge >= 0.3 is 0 Å². The number of hydrogen-bond acceptors (Lipinski definition) is 4. The van der Waals surface area contributed by atoms with E-state index in [9.17, 15) is 0 Å². The molecule has 0 aliphatic carbocycles. The van der Waals surface area contributed by atoms with E-state index in [1.165, 1.54) is 4.88 Å². The van der Waals surface area contributed by atoms with Crippen LogP contribution in [-0.4, -0.2) is 44.7 Å². The molecule has 0 aromatic carbocycles. The fourth-order valence-electron chi connectivity index (χ4n) is 2.17. The van der Waals surface area contributed by atoms with Gasteiger partial charge in [-0.05, 0) is 25.5 Å². The van der Waals surface area contributed by atoms with Crippen molar-refractivity contribution >= 4 is 11.3 Å². The van der Waals surface area contributed by atoms with Crippen molar-refractivity contribution in [2.75, 3.05) is 33.7 Å². The van der Waals surface area contributed by atoms with Crippen molar-refractivity contribution in [1.29, 1.82) is 0 Å². The molecular formula is C11H19N3S. The van der Waals surface area contributed by atoms with Crippen molar-refractivity contribution in [1.82, 2.24) is 15.5 Å². The zero-order chi connectivity index (χ0) is 10.7. The van der Waals surface area contributed by atoms with Crippen LogP contribution in [0.1, 0.15) is 10.9 Å². The summed E-state index contributed by atoms with van der Waals surface area (Å²) in [6.45, 7) is 3.35. The lowest BCUT2D eigenvalue weighted by atomic mass is 10.0. The first-order chi connectivity index (χ1) is 7.31. The molecular weight excluding hydrogens is 206 g/mol. The molecule has 2 unspecified atom stereocenters. The van der Waals surface area contributed by atoms with Gasteiger partial charge in [-0.2, -0.15) is 0 Å². The summed E-state index contributed by atoms with van der Waals surface area (Å²) in [5, 5.41) is 9.15.